The maximum atomic E-state index is 11.8. The zero-order chi connectivity index (χ0) is 17.3. The molecule has 0 bridgehead atoms. The van der Waals surface area contributed by atoms with E-state index in [4.69, 9.17) is 19.3 Å². The number of hydrogen-bond acceptors (Lipinski definition) is 6. The summed E-state index contributed by atoms with van der Waals surface area (Å²) < 4.78 is 22.4. The molecule has 10 nitrogen and oxygen atoms in total. The van der Waals surface area contributed by atoms with Crippen LogP contribution in [0.1, 0.15) is 5.56 Å². The van der Waals surface area contributed by atoms with Gasteiger partial charge in [-0.3, -0.25) is 18.9 Å². The third-order valence-electron chi connectivity index (χ3n) is 3.56. The molecule has 4 N–H and O–H groups in total. The van der Waals surface area contributed by atoms with E-state index < -0.39 is 36.7 Å². The third-order valence-corrected chi connectivity index (χ3v) is 4.32. The Hall–Kier alpha value is -1.29. The van der Waals surface area contributed by atoms with E-state index in [1.807, 2.05) is 0 Å². The molecule has 1 aliphatic heterocycles. The van der Waals surface area contributed by atoms with Crippen LogP contribution in [0, 0.1) is 6.92 Å². The van der Waals surface area contributed by atoms with Crippen molar-refractivity contribution in [3.63, 3.8) is 0 Å². The molecular weight excluding hydrogens is 331 g/mol. The summed E-state index contributed by atoms with van der Waals surface area (Å²) in [7, 11) is -4.19. The van der Waals surface area contributed by atoms with Crippen molar-refractivity contribution in [2.75, 3.05) is 26.0 Å². The van der Waals surface area contributed by atoms with E-state index in [0.717, 1.165) is 4.57 Å². The molecule has 0 aromatic carbocycles. The molecular formula is C12H19N2O8P. The number of aliphatic hydroxyl groups is 1. The predicted molar refractivity (Wildman–Crippen MR) is 78.5 cm³/mol. The van der Waals surface area contributed by atoms with Crippen LogP contribution in [0.25, 0.3) is 0 Å². The van der Waals surface area contributed by atoms with Crippen LogP contribution in [-0.4, -0.2) is 62.1 Å². The number of rotatable bonds is 6. The molecule has 0 aliphatic carbocycles. The van der Waals surface area contributed by atoms with Crippen LogP contribution in [0.4, 0.5) is 0 Å². The van der Waals surface area contributed by atoms with Crippen molar-refractivity contribution in [1.29, 1.82) is 0 Å². The Labute approximate surface area is 130 Å². The Morgan fingerprint density at radius 1 is 1.52 bits per heavy atom. The molecule has 1 aliphatic rings. The first-order valence-electron chi connectivity index (χ1n) is 6.87. The fraction of sp³-hybridized carbons (Fsp3) is 0.667. The van der Waals surface area contributed by atoms with Gasteiger partial charge in [-0.1, -0.05) is 0 Å². The number of ether oxygens (including phenoxy) is 2. The molecule has 0 amide bonds. The molecule has 23 heavy (non-hydrogen) atoms. The summed E-state index contributed by atoms with van der Waals surface area (Å²) in [4.78, 5) is 42.9. The van der Waals surface area contributed by atoms with E-state index in [1.165, 1.54) is 13.1 Å². The highest BCUT2D eigenvalue weighted by Gasteiger charge is 2.44. The summed E-state index contributed by atoms with van der Waals surface area (Å²) in [5, 5.41) is 10.6. The second-order valence-corrected chi connectivity index (χ2v) is 7.34. The van der Waals surface area contributed by atoms with Crippen LogP contribution in [0.3, 0.4) is 0 Å². The van der Waals surface area contributed by atoms with Gasteiger partial charge < -0.3 is 24.4 Å². The van der Waals surface area contributed by atoms with Crippen LogP contribution in [0.15, 0.2) is 15.8 Å². The minimum atomic E-state index is -4.19. The third kappa shape index (κ3) is 4.60. The lowest BCUT2D eigenvalue weighted by molar-refractivity contribution is -0.0849. The molecule has 0 spiro atoms. The van der Waals surface area contributed by atoms with Gasteiger partial charge >= 0.3 is 13.3 Å². The molecule has 2 rings (SSSR count). The number of nitrogens with zero attached hydrogens (tertiary/aromatic N) is 1. The lowest BCUT2D eigenvalue weighted by Crippen LogP contribution is -2.49. The first-order valence-corrected chi connectivity index (χ1v) is 8.67. The van der Waals surface area contributed by atoms with E-state index in [0.29, 0.717) is 5.56 Å². The van der Waals surface area contributed by atoms with Gasteiger partial charge in [0.2, 0.25) is 0 Å². The number of hydrogen-bond donors (Lipinski definition) is 4. The van der Waals surface area contributed by atoms with Crippen LogP contribution < -0.4 is 11.2 Å². The highest BCUT2D eigenvalue weighted by atomic mass is 31.2. The summed E-state index contributed by atoms with van der Waals surface area (Å²) in [6.07, 6.45) is 0.00902. The Bertz CT molecular complexity index is 723. The monoisotopic (exact) mass is 350 g/mol. The van der Waals surface area contributed by atoms with Crippen molar-refractivity contribution in [2.24, 2.45) is 0 Å². The standard InChI is InChI=1S/C12H19N2O8P/c1-8-4-14(11(16)13-10(8)15)6-12(17)7-21-5-9(12)22-2-3-23(18,19)20/h4,9,17H,2-3,5-7H2,1H3,(H,13,15,16)(H2,18,19,20)/t9-,12+/m0/s1. The lowest BCUT2D eigenvalue weighted by atomic mass is 10.0. The van der Waals surface area contributed by atoms with Gasteiger partial charge in [0.25, 0.3) is 5.56 Å². The summed E-state index contributed by atoms with van der Waals surface area (Å²) in [6, 6.07) is 0. The second kappa shape index (κ2) is 6.68. The van der Waals surface area contributed by atoms with Gasteiger partial charge in [-0.2, -0.15) is 0 Å². The minimum absolute atomic E-state index is 0.0365. The van der Waals surface area contributed by atoms with E-state index in [1.54, 1.807) is 0 Å². The second-order valence-electron chi connectivity index (χ2n) is 5.57. The zero-order valence-electron chi connectivity index (χ0n) is 12.5. The summed E-state index contributed by atoms with van der Waals surface area (Å²) in [5.41, 5.74) is -2.40. The van der Waals surface area contributed by atoms with Crippen molar-refractivity contribution in [2.45, 2.75) is 25.2 Å². The van der Waals surface area contributed by atoms with E-state index in [-0.39, 0.29) is 26.4 Å². The maximum Gasteiger partial charge on any atom is 0.328 e. The normalized spacial score (nSPS) is 25.0. The van der Waals surface area contributed by atoms with Gasteiger partial charge in [0.15, 0.2) is 0 Å². The number of aromatic amines is 1. The Morgan fingerprint density at radius 3 is 2.87 bits per heavy atom. The smallest absolute Gasteiger partial charge is 0.328 e. The predicted octanol–water partition coefficient (Wildman–Crippen LogP) is -1.83. The summed E-state index contributed by atoms with van der Waals surface area (Å²) >= 11 is 0. The highest BCUT2D eigenvalue weighted by molar-refractivity contribution is 7.51. The molecule has 2 heterocycles. The molecule has 130 valence electrons. The average Bonchev–Trinajstić information content (AvgIpc) is 2.76. The fourth-order valence-electron chi connectivity index (χ4n) is 2.29. The number of aryl methyl sites for hydroxylation is 1. The molecule has 11 heteroatoms. The fourth-order valence-corrected chi connectivity index (χ4v) is 2.63. The number of nitrogens with one attached hydrogen (secondary N) is 1. The molecule has 1 aromatic heterocycles. The number of H-pyrrole nitrogens is 1. The molecule has 2 atom stereocenters. The van der Waals surface area contributed by atoms with Gasteiger partial charge in [-0.15, -0.1) is 0 Å². The van der Waals surface area contributed by atoms with Crippen molar-refractivity contribution in [3.05, 3.63) is 32.6 Å². The summed E-state index contributed by atoms with van der Waals surface area (Å²) in [6.45, 7) is 1.04. The van der Waals surface area contributed by atoms with Crippen molar-refractivity contribution < 1.29 is 28.9 Å². The van der Waals surface area contributed by atoms with Gasteiger partial charge in [0, 0.05) is 11.8 Å². The molecule has 0 radical (unpaired) electrons. The Balaban J connectivity index is 2.10. The van der Waals surface area contributed by atoms with Crippen molar-refractivity contribution in [3.8, 4) is 0 Å². The first-order chi connectivity index (χ1) is 10.6. The van der Waals surface area contributed by atoms with Crippen LogP contribution >= 0.6 is 7.60 Å². The minimum Gasteiger partial charge on any atom is -0.383 e. The van der Waals surface area contributed by atoms with Gasteiger partial charge in [-0.25, -0.2) is 4.79 Å². The maximum absolute atomic E-state index is 11.8. The first kappa shape index (κ1) is 18.1. The van der Waals surface area contributed by atoms with Gasteiger partial charge in [-0.05, 0) is 6.92 Å². The van der Waals surface area contributed by atoms with Crippen molar-refractivity contribution in [1.82, 2.24) is 9.55 Å². The van der Waals surface area contributed by atoms with Gasteiger partial charge in [0.1, 0.15) is 11.7 Å². The Kier molecular flexibility index (Phi) is 5.24. The Morgan fingerprint density at radius 2 is 2.22 bits per heavy atom. The zero-order valence-corrected chi connectivity index (χ0v) is 13.4. The largest absolute Gasteiger partial charge is 0.383 e. The van der Waals surface area contributed by atoms with E-state index in [9.17, 15) is 19.3 Å². The van der Waals surface area contributed by atoms with Crippen molar-refractivity contribution >= 4 is 7.60 Å². The molecule has 1 saturated heterocycles. The van der Waals surface area contributed by atoms with E-state index >= 15 is 0 Å². The average molecular weight is 350 g/mol. The van der Waals surface area contributed by atoms with Gasteiger partial charge in [0.05, 0.1) is 32.5 Å². The molecule has 1 fully saturated rings. The van der Waals surface area contributed by atoms with E-state index in [2.05, 4.69) is 4.98 Å². The topological polar surface area (TPSA) is 151 Å². The quantitative estimate of drug-likeness (QED) is 0.437. The number of aromatic nitrogens is 2. The molecule has 1 aromatic rings. The van der Waals surface area contributed by atoms with Crippen LogP contribution in [-0.2, 0) is 20.6 Å². The molecule has 0 unspecified atom stereocenters. The highest BCUT2D eigenvalue weighted by Crippen LogP contribution is 2.34. The molecule has 0 saturated carbocycles. The van der Waals surface area contributed by atoms with Crippen LogP contribution in [0.5, 0.6) is 0 Å². The summed E-state index contributed by atoms with van der Waals surface area (Å²) in [5.74, 6) is 0. The lowest BCUT2D eigenvalue weighted by Gasteiger charge is -2.28. The SMILES string of the molecule is Cc1cn(C[C@@]2(O)COC[C@@H]2OCCP(=O)(O)O)c(=O)[nH]c1=O. The van der Waals surface area contributed by atoms with Crippen LogP contribution in [0.2, 0.25) is 0 Å².